The number of benzene rings is 2. The van der Waals surface area contributed by atoms with E-state index >= 15 is 0 Å². The summed E-state index contributed by atoms with van der Waals surface area (Å²) in [6.45, 7) is 7.05. The summed E-state index contributed by atoms with van der Waals surface area (Å²) in [4.78, 5) is 59.9. The van der Waals surface area contributed by atoms with Crippen LogP contribution in [0, 0.1) is 17.8 Å². The van der Waals surface area contributed by atoms with Crippen LogP contribution in [0.1, 0.15) is 50.7 Å². The highest BCUT2D eigenvalue weighted by Gasteiger charge is 2.61. The summed E-state index contributed by atoms with van der Waals surface area (Å²) < 4.78 is 0. The van der Waals surface area contributed by atoms with Crippen molar-refractivity contribution < 1.29 is 34.3 Å². The maximum atomic E-state index is 14.0. The van der Waals surface area contributed by atoms with Gasteiger partial charge >= 0.3 is 5.97 Å². The highest BCUT2D eigenvalue weighted by Crippen LogP contribution is 2.45. The van der Waals surface area contributed by atoms with E-state index in [1.54, 1.807) is 13.8 Å². The minimum Gasteiger partial charge on any atom is -0.479 e. The lowest BCUT2D eigenvalue weighted by molar-refractivity contribution is -0.189. The zero-order valence-electron chi connectivity index (χ0n) is 24.7. The van der Waals surface area contributed by atoms with Crippen LogP contribution in [-0.4, -0.2) is 80.0 Å². The fraction of sp³-hybridized carbons (Fsp3) is 0.424. The van der Waals surface area contributed by atoms with Gasteiger partial charge in [0.05, 0.1) is 6.54 Å². The van der Waals surface area contributed by atoms with Crippen molar-refractivity contribution in [1.82, 2.24) is 15.3 Å². The van der Waals surface area contributed by atoms with Gasteiger partial charge in [0, 0.05) is 29.4 Å². The predicted molar refractivity (Wildman–Crippen MR) is 159 cm³/mol. The van der Waals surface area contributed by atoms with Crippen LogP contribution in [0.4, 0.5) is 0 Å². The molecule has 11 nitrogen and oxygen atoms in total. The minimum absolute atomic E-state index is 0.0406. The van der Waals surface area contributed by atoms with Crippen molar-refractivity contribution in [2.75, 3.05) is 6.54 Å². The molecule has 2 aromatic carbocycles. The molecule has 4 aliphatic rings. The van der Waals surface area contributed by atoms with Crippen LogP contribution in [0.3, 0.4) is 0 Å². The van der Waals surface area contributed by atoms with Crippen molar-refractivity contribution in [3.05, 3.63) is 72.3 Å². The third-order valence-electron chi connectivity index (χ3n) is 9.12. The van der Waals surface area contributed by atoms with E-state index in [1.165, 1.54) is 11.0 Å². The molecule has 1 heterocycles. The lowest BCUT2D eigenvalue weighted by atomic mass is 10.0. The average Bonchev–Trinajstić information content (AvgIpc) is 3.91. The number of fused-ring (bicyclic) bond motifs is 3. The topological polar surface area (TPSA) is 149 Å². The Bertz CT molecular complexity index is 1520. The minimum atomic E-state index is -1.49. The Kier molecular flexibility index (Phi) is 7.53. The number of likely N-dealkylation sites (tertiary alicyclic amines) is 1. The first-order valence-corrected chi connectivity index (χ1v) is 15.0. The molecule has 2 saturated carbocycles. The Hall–Kier alpha value is -4.51. The van der Waals surface area contributed by atoms with E-state index in [9.17, 15) is 29.5 Å². The highest BCUT2D eigenvalue weighted by molar-refractivity contribution is 6.24. The van der Waals surface area contributed by atoms with Crippen molar-refractivity contribution in [2.24, 2.45) is 22.9 Å². The molecule has 3 fully saturated rings. The molecule has 1 saturated heterocycles. The SMILES string of the molecule is C=C[C@@H]1C[C@@]1(NC(=O)[C@@H]1C[C@@H](ON=C2c3ccccc3-c3ccccc32)CN1C(=O)[C@@H](C(C)C)N(O)C(=O)C1CC1)C(=O)O. The second kappa shape index (κ2) is 11.2. The van der Waals surface area contributed by atoms with Crippen molar-refractivity contribution in [3.63, 3.8) is 0 Å². The molecule has 230 valence electrons. The number of rotatable bonds is 10. The van der Waals surface area contributed by atoms with Gasteiger partial charge in [0.2, 0.25) is 17.7 Å². The summed E-state index contributed by atoms with van der Waals surface area (Å²) in [6, 6.07) is 13.3. The van der Waals surface area contributed by atoms with E-state index < -0.39 is 59.3 Å². The average molecular weight is 601 g/mol. The first-order valence-electron chi connectivity index (χ1n) is 15.0. The largest absolute Gasteiger partial charge is 0.479 e. The number of aliphatic carboxylic acids is 1. The van der Waals surface area contributed by atoms with Crippen molar-refractivity contribution in [2.45, 2.75) is 63.3 Å². The number of carbonyl (C=O) groups is 4. The predicted octanol–water partition coefficient (Wildman–Crippen LogP) is 3.20. The van der Waals surface area contributed by atoms with Crippen molar-refractivity contribution in [3.8, 4) is 11.1 Å². The summed E-state index contributed by atoms with van der Waals surface area (Å²) in [7, 11) is 0. The van der Waals surface area contributed by atoms with Gasteiger partial charge in [-0.25, -0.2) is 9.86 Å². The van der Waals surface area contributed by atoms with Gasteiger partial charge in [0.1, 0.15) is 29.4 Å². The number of hydrogen-bond acceptors (Lipinski definition) is 7. The molecule has 0 bridgehead atoms. The van der Waals surface area contributed by atoms with Crippen LogP contribution in [0.2, 0.25) is 0 Å². The fourth-order valence-corrected chi connectivity index (χ4v) is 6.40. The van der Waals surface area contributed by atoms with Crippen LogP contribution in [0.5, 0.6) is 0 Å². The van der Waals surface area contributed by atoms with E-state index in [4.69, 9.17) is 4.84 Å². The normalized spacial score (nSPS) is 25.5. The molecule has 0 aromatic heterocycles. The summed E-state index contributed by atoms with van der Waals surface area (Å²) >= 11 is 0. The quantitative estimate of drug-likeness (QED) is 0.184. The molecule has 3 amide bonds. The fourth-order valence-electron chi connectivity index (χ4n) is 6.40. The molecule has 0 spiro atoms. The number of hydrogen-bond donors (Lipinski definition) is 3. The molecular formula is C33H36N4O7. The van der Waals surface area contributed by atoms with Crippen molar-refractivity contribution in [1.29, 1.82) is 0 Å². The zero-order valence-corrected chi connectivity index (χ0v) is 24.7. The molecule has 2 aromatic rings. The number of oxime groups is 1. The zero-order chi connectivity index (χ0) is 31.3. The monoisotopic (exact) mass is 600 g/mol. The van der Waals surface area contributed by atoms with E-state index in [0.717, 1.165) is 22.3 Å². The number of nitrogens with one attached hydrogen (secondary N) is 1. The first-order chi connectivity index (χ1) is 21.1. The van der Waals surface area contributed by atoms with Crippen LogP contribution >= 0.6 is 0 Å². The van der Waals surface area contributed by atoms with Crippen LogP contribution in [0.25, 0.3) is 11.1 Å². The van der Waals surface area contributed by atoms with E-state index in [0.29, 0.717) is 23.6 Å². The molecule has 0 radical (unpaired) electrons. The van der Waals surface area contributed by atoms with Crippen LogP contribution < -0.4 is 5.32 Å². The molecule has 3 N–H and O–H groups in total. The van der Waals surface area contributed by atoms with Gasteiger partial charge in [-0.3, -0.25) is 19.6 Å². The molecule has 0 unspecified atom stereocenters. The smallest absolute Gasteiger partial charge is 0.330 e. The van der Waals surface area contributed by atoms with Gasteiger partial charge in [0.25, 0.3) is 0 Å². The van der Waals surface area contributed by atoms with E-state index in [-0.39, 0.29) is 25.3 Å². The standard InChI is InChI=1S/C33H36N4O7/c1-4-20-16-33(20,32(41)42)34-29(38)26-15-21(17-36(26)31(40)28(18(2)3)37(43)30(39)19-13-14-19)44-35-27-24-11-7-5-9-22(24)23-10-6-8-12-25(23)27/h4-12,18-21,26,28,43H,1,13-17H2,2-3H3,(H,34,38)(H,41,42)/t20-,21-,26+,28-,33+/m1/s1. The van der Waals surface area contributed by atoms with E-state index in [1.807, 2.05) is 48.5 Å². The maximum Gasteiger partial charge on any atom is 0.330 e. The molecule has 5 atom stereocenters. The van der Waals surface area contributed by atoms with Gasteiger partial charge in [0.15, 0.2) is 0 Å². The summed E-state index contributed by atoms with van der Waals surface area (Å²) in [6.07, 6.45) is 2.31. The lowest BCUT2D eigenvalue weighted by Gasteiger charge is -2.34. The maximum absolute atomic E-state index is 14.0. The van der Waals surface area contributed by atoms with Gasteiger partial charge in [-0.1, -0.05) is 73.6 Å². The Morgan fingerprint density at radius 2 is 1.66 bits per heavy atom. The van der Waals surface area contributed by atoms with E-state index in [2.05, 4.69) is 17.1 Å². The van der Waals surface area contributed by atoms with Gasteiger partial charge in [-0.2, -0.15) is 0 Å². The van der Waals surface area contributed by atoms with Crippen LogP contribution in [-0.2, 0) is 24.0 Å². The summed E-state index contributed by atoms with van der Waals surface area (Å²) in [5.41, 5.74) is 2.98. The number of carbonyl (C=O) groups excluding carboxylic acids is 3. The molecular weight excluding hydrogens is 564 g/mol. The third-order valence-corrected chi connectivity index (χ3v) is 9.12. The summed E-state index contributed by atoms with van der Waals surface area (Å²) in [5, 5.41) is 28.4. The molecule has 1 aliphatic heterocycles. The lowest BCUT2D eigenvalue weighted by Crippen LogP contribution is -2.58. The second-order valence-electron chi connectivity index (χ2n) is 12.5. The number of hydroxylamine groups is 2. The highest BCUT2D eigenvalue weighted by atomic mass is 16.6. The van der Waals surface area contributed by atoms with Crippen molar-refractivity contribution >= 4 is 29.4 Å². The number of carboxylic acids is 1. The Labute approximate surface area is 255 Å². The number of amides is 3. The first kappa shape index (κ1) is 29.6. The molecule has 3 aliphatic carbocycles. The number of carboxylic acid groups (broad SMARTS) is 1. The Balaban J connectivity index is 1.28. The van der Waals surface area contributed by atoms with Gasteiger partial charge < -0.3 is 20.2 Å². The van der Waals surface area contributed by atoms with Gasteiger partial charge in [-0.15, -0.1) is 6.58 Å². The second-order valence-corrected chi connectivity index (χ2v) is 12.5. The molecule has 44 heavy (non-hydrogen) atoms. The van der Waals surface area contributed by atoms with Crippen LogP contribution in [0.15, 0.2) is 66.3 Å². The molecule has 11 heteroatoms. The third kappa shape index (κ3) is 5.04. The molecule has 6 rings (SSSR count). The summed E-state index contributed by atoms with van der Waals surface area (Å²) in [5.74, 6) is -4.20. The van der Waals surface area contributed by atoms with Gasteiger partial charge in [-0.05, 0) is 36.3 Å². The Morgan fingerprint density at radius 1 is 1.07 bits per heavy atom. The number of nitrogens with zero attached hydrogens (tertiary/aromatic N) is 3. The Morgan fingerprint density at radius 3 is 2.16 bits per heavy atom.